The van der Waals surface area contributed by atoms with E-state index in [1.807, 2.05) is 18.2 Å². The van der Waals surface area contributed by atoms with Crippen LogP contribution in [0.4, 0.5) is 11.4 Å². The number of ketones is 1. The molecule has 1 aromatic rings. The largest absolute Gasteiger partial charge is 0.398 e. The monoisotopic (exact) mass is 260 g/mol. The highest BCUT2D eigenvalue weighted by atomic mass is 16.1. The zero-order valence-electron chi connectivity index (χ0n) is 12.0. The first-order chi connectivity index (χ1) is 9.13. The molecule has 1 aliphatic heterocycles. The number of hydrogen-bond donors (Lipinski definition) is 1. The molecule has 2 rings (SSSR count). The molecule has 1 saturated heterocycles. The number of nitrogens with zero attached hydrogens (tertiary/aromatic N) is 1. The van der Waals surface area contributed by atoms with Crippen molar-refractivity contribution in [3.63, 3.8) is 0 Å². The van der Waals surface area contributed by atoms with Crippen LogP contribution in [0.15, 0.2) is 18.2 Å². The maximum atomic E-state index is 11.4. The fraction of sp³-hybridized carbons (Fsp3) is 0.562. The Kier molecular flexibility index (Phi) is 4.46. The molecule has 0 aliphatic carbocycles. The number of rotatable bonds is 4. The third-order valence-electron chi connectivity index (χ3n) is 4.00. The maximum absolute atomic E-state index is 11.4. The number of Topliss-reactive ketones (excluding diaryl/α,β-unsaturated/α-hetero) is 1. The molecule has 2 N–H and O–H groups in total. The second kappa shape index (κ2) is 6.09. The Morgan fingerprint density at radius 2 is 2.21 bits per heavy atom. The van der Waals surface area contributed by atoms with Crippen molar-refractivity contribution < 1.29 is 4.79 Å². The van der Waals surface area contributed by atoms with Gasteiger partial charge in [-0.2, -0.15) is 0 Å². The van der Waals surface area contributed by atoms with Gasteiger partial charge in [-0.05, 0) is 50.8 Å². The number of piperidine rings is 1. The van der Waals surface area contributed by atoms with Gasteiger partial charge in [0.15, 0.2) is 5.78 Å². The van der Waals surface area contributed by atoms with Crippen molar-refractivity contribution in [3.05, 3.63) is 23.8 Å². The number of benzene rings is 1. The van der Waals surface area contributed by atoms with Gasteiger partial charge in [0.25, 0.3) is 0 Å². The normalized spacial score (nSPS) is 19.5. The number of anilines is 2. The summed E-state index contributed by atoms with van der Waals surface area (Å²) in [5.74, 6) is 0.0350. The molecule has 1 atom stereocenters. The molecule has 0 amide bonds. The van der Waals surface area contributed by atoms with Crippen LogP contribution in [0.5, 0.6) is 0 Å². The summed E-state index contributed by atoms with van der Waals surface area (Å²) in [6, 6.07) is 6.50. The number of carbonyl (C=O) groups excluding carboxylic acids is 1. The van der Waals surface area contributed by atoms with Crippen LogP contribution in [-0.2, 0) is 0 Å². The highest BCUT2D eigenvalue weighted by molar-refractivity contribution is 5.99. The molecule has 1 fully saturated rings. The van der Waals surface area contributed by atoms with E-state index in [4.69, 9.17) is 5.73 Å². The summed E-state index contributed by atoms with van der Waals surface area (Å²) in [4.78, 5) is 13.9. The van der Waals surface area contributed by atoms with E-state index in [1.165, 1.54) is 37.8 Å². The summed E-state index contributed by atoms with van der Waals surface area (Å²) in [6.07, 6.45) is 6.27. The summed E-state index contributed by atoms with van der Waals surface area (Å²) in [6.45, 7) is 4.90. The van der Waals surface area contributed by atoms with Crippen LogP contribution in [0.3, 0.4) is 0 Å². The van der Waals surface area contributed by atoms with Gasteiger partial charge in [0.1, 0.15) is 0 Å². The molecule has 1 unspecified atom stereocenters. The van der Waals surface area contributed by atoms with Crippen molar-refractivity contribution in [2.45, 2.75) is 52.0 Å². The van der Waals surface area contributed by atoms with Crippen LogP contribution in [0.2, 0.25) is 0 Å². The average molecular weight is 260 g/mol. The Bertz CT molecular complexity index is 454. The maximum Gasteiger partial charge on any atom is 0.161 e. The van der Waals surface area contributed by atoms with Crippen LogP contribution >= 0.6 is 0 Å². The first-order valence-electron chi connectivity index (χ1n) is 7.30. The highest BCUT2D eigenvalue weighted by Crippen LogP contribution is 2.29. The molecule has 1 heterocycles. The first-order valence-corrected chi connectivity index (χ1v) is 7.30. The fourth-order valence-electron chi connectivity index (χ4n) is 3.02. The van der Waals surface area contributed by atoms with Gasteiger partial charge in [-0.3, -0.25) is 4.79 Å². The molecule has 3 nitrogen and oxygen atoms in total. The lowest BCUT2D eigenvalue weighted by Crippen LogP contribution is -2.39. The average Bonchev–Trinajstić information content (AvgIpc) is 2.39. The van der Waals surface area contributed by atoms with E-state index in [9.17, 15) is 4.79 Å². The predicted molar refractivity (Wildman–Crippen MR) is 80.8 cm³/mol. The van der Waals surface area contributed by atoms with Gasteiger partial charge in [0.05, 0.1) is 0 Å². The van der Waals surface area contributed by atoms with Gasteiger partial charge in [-0.25, -0.2) is 0 Å². The Labute approximate surface area is 115 Å². The SMILES string of the molecule is CCCC1CCCCN1c1ccc(C(C)=O)c(N)c1. The molecular formula is C16H24N2O. The van der Waals surface area contributed by atoms with E-state index >= 15 is 0 Å². The molecule has 1 aliphatic rings. The molecule has 0 spiro atoms. The van der Waals surface area contributed by atoms with Crippen molar-refractivity contribution in [2.24, 2.45) is 0 Å². The van der Waals surface area contributed by atoms with Gasteiger partial charge in [0, 0.05) is 29.5 Å². The number of carbonyl (C=O) groups is 1. The van der Waals surface area contributed by atoms with Crippen LogP contribution in [0, 0.1) is 0 Å². The van der Waals surface area contributed by atoms with Crippen molar-refractivity contribution >= 4 is 17.2 Å². The molecule has 0 aromatic heterocycles. The lowest BCUT2D eigenvalue weighted by atomic mass is 9.97. The third-order valence-corrected chi connectivity index (χ3v) is 4.00. The van der Waals surface area contributed by atoms with E-state index in [0.29, 0.717) is 17.3 Å². The van der Waals surface area contributed by atoms with Crippen molar-refractivity contribution in [3.8, 4) is 0 Å². The third kappa shape index (κ3) is 3.09. The lowest BCUT2D eigenvalue weighted by Gasteiger charge is -2.38. The van der Waals surface area contributed by atoms with Gasteiger partial charge in [-0.1, -0.05) is 13.3 Å². The standard InChI is InChI=1S/C16H24N2O/c1-3-6-13-7-4-5-10-18(13)14-8-9-15(12(2)19)16(17)11-14/h8-9,11,13H,3-7,10,17H2,1-2H3. The number of nitrogens with two attached hydrogens (primary N) is 1. The quantitative estimate of drug-likeness (QED) is 0.664. The Morgan fingerprint density at radius 1 is 1.42 bits per heavy atom. The van der Waals surface area contributed by atoms with Gasteiger partial charge < -0.3 is 10.6 Å². The zero-order chi connectivity index (χ0) is 13.8. The first kappa shape index (κ1) is 13.9. The highest BCUT2D eigenvalue weighted by Gasteiger charge is 2.22. The van der Waals surface area contributed by atoms with E-state index < -0.39 is 0 Å². The van der Waals surface area contributed by atoms with Crippen molar-refractivity contribution in [2.75, 3.05) is 17.2 Å². The van der Waals surface area contributed by atoms with Crippen molar-refractivity contribution in [1.29, 1.82) is 0 Å². The minimum absolute atomic E-state index is 0.0350. The summed E-state index contributed by atoms with van der Waals surface area (Å²) in [5, 5.41) is 0. The van der Waals surface area contributed by atoms with Gasteiger partial charge in [0.2, 0.25) is 0 Å². The topological polar surface area (TPSA) is 46.3 Å². The second-order valence-corrected chi connectivity index (χ2v) is 5.46. The molecular weight excluding hydrogens is 236 g/mol. The van der Waals surface area contributed by atoms with Crippen LogP contribution in [-0.4, -0.2) is 18.4 Å². The van der Waals surface area contributed by atoms with E-state index in [1.54, 1.807) is 6.92 Å². The molecule has 0 bridgehead atoms. The molecule has 0 radical (unpaired) electrons. The smallest absolute Gasteiger partial charge is 0.161 e. The Balaban J connectivity index is 2.24. The van der Waals surface area contributed by atoms with Crippen LogP contribution < -0.4 is 10.6 Å². The second-order valence-electron chi connectivity index (χ2n) is 5.46. The fourth-order valence-corrected chi connectivity index (χ4v) is 3.02. The molecule has 19 heavy (non-hydrogen) atoms. The van der Waals surface area contributed by atoms with Gasteiger partial charge in [-0.15, -0.1) is 0 Å². The van der Waals surface area contributed by atoms with Crippen molar-refractivity contribution in [1.82, 2.24) is 0 Å². The summed E-state index contributed by atoms with van der Waals surface area (Å²) in [5.41, 5.74) is 8.40. The minimum atomic E-state index is 0.0350. The van der Waals surface area contributed by atoms with Crippen LogP contribution in [0.1, 0.15) is 56.3 Å². The summed E-state index contributed by atoms with van der Waals surface area (Å²) in [7, 11) is 0. The Morgan fingerprint density at radius 3 is 2.84 bits per heavy atom. The zero-order valence-corrected chi connectivity index (χ0v) is 12.0. The lowest BCUT2D eigenvalue weighted by molar-refractivity contribution is 0.101. The van der Waals surface area contributed by atoms with E-state index in [0.717, 1.165) is 6.54 Å². The van der Waals surface area contributed by atoms with Gasteiger partial charge >= 0.3 is 0 Å². The molecule has 3 heteroatoms. The predicted octanol–water partition coefficient (Wildman–Crippen LogP) is 3.63. The molecule has 0 saturated carbocycles. The Hall–Kier alpha value is -1.51. The molecule has 1 aromatic carbocycles. The van der Waals surface area contributed by atoms with Crippen LogP contribution in [0.25, 0.3) is 0 Å². The van der Waals surface area contributed by atoms with E-state index in [2.05, 4.69) is 11.8 Å². The summed E-state index contributed by atoms with van der Waals surface area (Å²) >= 11 is 0. The van der Waals surface area contributed by atoms with E-state index in [-0.39, 0.29) is 5.78 Å². The minimum Gasteiger partial charge on any atom is -0.398 e. The number of hydrogen-bond acceptors (Lipinski definition) is 3. The molecule has 104 valence electrons. The summed E-state index contributed by atoms with van der Waals surface area (Å²) < 4.78 is 0. The number of nitrogen functional groups attached to an aromatic ring is 1.